The van der Waals surface area contributed by atoms with Crippen molar-refractivity contribution < 1.29 is 19.0 Å². The zero-order valence-electron chi connectivity index (χ0n) is 19.6. The molecule has 32 heavy (non-hydrogen) atoms. The number of nitrogens with zero attached hydrogens (tertiary/aromatic N) is 2. The van der Waals surface area contributed by atoms with Crippen LogP contribution in [-0.2, 0) is 10.3 Å². The lowest BCUT2D eigenvalue weighted by Crippen LogP contribution is -2.52. The minimum atomic E-state index is -1.18. The quantitative estimate of drug-likeness (QED) is 0.580. The van der Waals surface area contributed by atoms with Crippen LogP contribution in [0.2, 0.25) is 0 Å². The number of ether oxygens (including phenoxy) is 2. The van der Waals surface area contributed by atoms with E-state index in [1.807, 2.05) is 62.7 Å². The summed E-state index contributed by atoms with van der Waals surface area (Å²) < 4.78 is 27.7. The number of methoxy groups -OCH3 is 1. The van der Waals surface area contributed by atoms with Gasteiger partial charge in [-0.25, -0.2) is 9.37 Å². The summed E-state index contributed by atoms with van der Waals surface area (Å²) in [4.78, 5) is 4.93. The highest BCUT2D eigenvalue weighted by atomic mass is 19.1. The third kappa shape index (κ3) is 4.17. The molecule has 0 amide bonds. The van der Waals surface area contributed by atoms with Crippen LogP contribution in [0.3, 0.4) is 0 Å². The van der Waals surface area contributed by atoms with E-state index in [2.05, 4.69) is 0 Å². The lowest BCUT2D eigenvalue weighted by molar-refractivity contribution is -0.224. The summed E-state index contributed by atoms with van der Waals surface area (Å²) in [5, 5.41) is 11.8. The molecule has 1 aromatic heterocycles. The molecule has 6 heteroatoms. The Kier molecular flexibility index (Phi) is 5.42. The Bertz CT molecular complexity index is 1130. The van der Waals surface area contributed by atoms with Gasteiger partial charge < -0.3 is 14.6 Å². The van der Waals surface area contributed by atoms with E-state index in [1.54, 1.807) is 26.2 Å². The number of hydrogen-bond donors (Lipinski definition) is 1. The van der Waals surface area contributed by atoms with E-state index in [-0.39, 0.29) is 5.82 Å². The van der Waals surface area contributed by atoms with Crippen LogP contribution in [0.5, 0.6) is 5.75 Å². The fourth-order valence-corrected chi connectivity index (χ4v) is 5.07. The second kappa shape index (κ2) is 7.71. The van der Waals surface area contributed by atoms with E-state index < -0.39 is 16.8 Å². The molecule has 0 saturated carbocycles. The molecule has 0 spiro atoms. The Morgan fingerprint density at radius 1 is 1.06 bits per heavy atom. The summed E-state index contributed by atoms with van der Waals surface area (Å²) in [6, 6.07) is 12.6. The molecule has 1 saturated heterocycles. The van der Waals surface area contributed by atoms with Gasteiger partial charge in [0.25, 0.3) is 0 Å². The van der Waals surface area contributed by atoms with Crippen molar-refractivity contribution in [1.82, 2.24) is 9.55 Å². The van der Waals surface area contributed by atoms with Crippen LogP contribution < -0.4 is 4.74 Å². The van der Waals surface area contributed by atoms with Crippen LogP contribution in [0.15, 0.2) is 48.7 Å². The van der Waals surface area contributed by atoms with Gasteiger partial charge in [0.1, 0.15) is 23.0 Å². The minimum absolute atomic E-state index is 0.264. The highest BCUT2D eigenvalue weighted by molar-refractivity contribution is 5.67. The Labute approximate surface area is 188 Å². The van der Waals surface area contributed by atoms with E-state index in [9.17, 15) is 9.50 Å². The second-order valence-corrected chi connectivity index (χ2v) is 9.96. The number of benzene rings is 2. The number of para-hydroxylation sites is 1. The zero-order valence-corrected chi connectivity index (χ0v) is 19.6. The first kappa shape index (κ1) is 22.5. The molecule has 0 atom stereocenters. The third-order valence-electron chi connectivity index (χ3n) is 5.94. The first-order valence-electron chi connectivity index (χ1n) is 10.9. The SMILES string of the molecule is COc1ccccc1-c1nc(C2(O)CC(C)(C)OC(C)(C)C2)cn1-c1ccc(F)c(C)c1. The van der Waals surface area contributed by atoms with E-state index in [1.165, 1.54) is 6.07 Å². The lowest BCUT2D eigenvalue weighted by atomic mass is 9.76. The molecule has 1 N–H and O–H groups in total. The van der Waals surface area contributed by atoms with Crippen molar-refractivity contribution in [3.63, 3.8) is 0 Å². The summed E-state index contributed by atoms with van der Waals surface area (Å²) in [7, 11) is 1.62. The third-order valence-corrected chi connectivity index (χ3v) is 5.94. The second-order valence-electron chi connectivity index (χ2n) is 9.96. The highest BCUT2D eigenvalue weighted by Gasteiger charge is 2.49. The van der Waals surface area contributed by atoms with Crippen molar-refractivity contribution in [2.45, 2.75) is 64.3 Å². The highest BCUT2D eigenvalue weighted by Crippen LogP contribution is 2.47. The molecular formula is C26H31FN2O3. The average Bonchev–Trinajstić information content (AvgIpc) is 3.13. The summed E-state index contributed by atoms with van der Waals surface area (Å²) in [6.07, 6.45) is 2.68. The van der Waals surface area contributed by atoms with Crippen LogP contribution in [0.4, 0.5) is 4.39 Å². The number of hydrogen-bond acceptors (Lipinski definition) is 4. The summed E-state index contributed by atoms with van der Waals surface area (Å²) in [6.45, 7) is 9.68. The van der Waals surface area contributed by atoms with Crippen molar-refractivity contribution in [3.05, 3.63) is 65.7 Å². The molecule has 2 heterocycles. The van der Waals surface area contributed by atoms with Crippen molar-refractivity contribution in [3.8, 4) is 22.8 Å². The maximum Gasteiger partial charge on any atom is 0.148 e. The van der Waals surface area contributed by atoms with Gasteiger partial charge in [0.15, 0.2) is 0 Å². The molecule has 0 bridgehead atoms. The molecule has 5 nitrogen and oxygen atoms in total. The first-order valence-corrected chi connectivity index (χ1v) is 10.9. The fraction of sp³-hybridized carbons (Fsp3) is 0.423. The smallest absolute Gasteiger partial charge is 0.148 e. The Morgan fingerprint density at radius 2 is 1.72 bits per heavy atom. The molecule has 0 aliphatic carbocycles. The number of aryl methyl sites for hydroxylation is 1. The first-order chi connectivity index (χ1) is 14.9. The van der Waals surface area contributed by atoms with Crippen LogP contribution in [-0.4, -0.2) is 33.0 Å². The number of imidazole rings is 1. The van der Waals surface area contributed by atoms with Crippen molar-refractivity contribution in [2.24, 2.45) is 0 Å². The molecule has 170 valence electrons. The van der Waals surface area contributed by atoms with Gasteiger partial charge in [-0.3, -0.25) is 4.57 Å². The normalized spacial score (nSPS) is 19.0. The molecular weight excluding hydrogens is 407 g/mol. The summed E-state index contributed by atoms with van der Waals surface area (Å²) in [5.41, 5.74) is 0.438. The molecule has 2 aromatic carbocycles. The van der Waals surface area contributed by atoms with Gasteiger partial charge >= 0.3 is 0 Å². The molecule has 3 aromatic rings. The van der Waals surface area contributed by atoms with Gasteiger partial charge in [0.05, 0.1) is 29.6 Å². The number of rotatable bonds is 4. The summed E-state index contributed by atoms with van der Waals surface area (Å²) >= 11 is 0. The van der Waals surface area contributed by atoms with Crippen LogP contribution >= 0.6 is 0 Å². The predicted octanol–water partition coefficient (Wildman–Crippen LogP) is 5.55. The van der Waals surface area contributed by atoms with Gasteiger partial charge in [0, 0.05) is 24.7 Å². The molecule has 0 radical (unpaired) electrons. The van der Waals surface area contributed by atoms with Crippen LogP contribution in [0.1, 0.15) is 51.8 Å². The van der Waals surface area contributed by atoms with Crippen molar-refractivity contribution >= 4 is 0 Å². The Morgan fingerprint density at radius 3 is 2.34 bits per heavy atom. The van der Waals surface area contributed by atoms with E-state index in [4.69, 9.17) is 14.5 Å². The van der Waals surface area contributed by atoms with E-state index in [0.717, 1.165) is 11.3 Å². The maximum absolute atomic E-state index is 14.0. The Balaban J connectivity index is 1.93. The van der Waals surface area contributed by atoms with Gasteiger partial charge in [-0.1, -0.05) is 12.1 Å². The van der Waals surface area contributed by atoms with Gasteiger partial charge in [-0.05, 0) is 70.5 Å². The van der Waals surface area contributed by atoms with Gasteiger partial charge in [-0.15, -0.1) is 0 Å². The molecule has 1 aliphatic rings. The Hall–Kier alpha value is -2.70. The predicted molar refractivity (Wildman–Crippen MR) is 123 cm³/mol. The largest absolute Gasteiger partial charge is 0.496 e. The minimum Gasteiger partial charge on any atom is -0.496 e. The van der Waals surface area contributed by atoms with Gasteiger partial charge in [0.2, 0.25) is 0 Å². The molecule has 0 unspecified atom stereocenters. The monoisotopic (exact) mass is 438 g/mol. The molecule has 1 aliphatic heterocycles. The molecule has 1 fully saturated rings. The van der Waals surface area contributed by atoms with E-state index in [0.29, 0.717) is 35.7 Å². The van der Waals surface area contributed by atoms with Crippen LogP contribution in [0, 0.1) is 12.7 Å². The fourth-order valence-electron chi connectivity index (χ4n) is 5.07. The summed E-state index contributed by atoms with van der Waals surface area (Å²) in [5.74, 6) is 1.03. The van der Waals surface area contributed by atoms with Crippen LogP contribution in [0.25, 0.3) is 17.1 Å². The van der Waals surface area contributed by atoms with Crippen molar-refractivity contribution in [2.75, 3.05) is 7.11 Å². The zero-order chi connectivity index (χ0) is 23.3. The lowest BCUT2D eigenvalue weighted by Gasteiger charge is -2.49. The maximum atomic E-state index is 14.0. The average molecular weight is 439 g/mol. The molecule has 4 rings (SSSR count). The van der Waals surface area contributed by atoms with Crippen molar-refractivity contribution in [1.29, 1.82) is 0 Å². The number of halogens is 1. The topological polar surface area (TPSA) is 56.5 Å². The number of aromatic nitrogens is 2. The van der Waals surface area contributed by atoms with E-state index >= 15 is 0 Å². The number of aliphatic hydroxyl groups is 1. The van der Waals surface area contributed by atoms with Gasteiger partial charge in [-0.2, -0.15) is 0 Å². The standard InChI is InChI=1S/C26H31FN2O3/c1-17-13-18(11-12-20(17)27)29-14-22(26(30)15-24(2,3)32-25(4,5)16-26)28-23(29)19-9-7-8-10-21(19)31-6/h7-14,30H,15-16H2,1-6H3.